The fraction of sp³-hybridized carbons (Fsp3) is 0.632. The zero-order valence-corrected chi connectivity index (χ0v) is 16.4. The lowest BCUT2D eigenvalue weighted by atomic mass is 9.72. The van der Waals surface area contributed by atoms with Gasteiger partial charge in [0.2, 0.25) is 11.7 Å². The van der Waals surface area contributed by atoms with Gasteiger partial charge in [-0.25, -0.2) is 4.90 Å². The second kappa shape index (κ2) is 7.38. The van der Waals surface area contributed by atoms with E-state index >= 15 is 0 Å². The lowest BCUT2D eigenvalue weighted by Gasteiger charge is -2.58. The van der Waals surface area contributed by atoms with E-state index in [1.807, 2.05) is 0 Å². The van der Waals surface area contributed by atoms with Crippen LogP contribution in [-0.2, 0) is 11.2 Å². The van der Waals surface area contributed by atoms with Crippen LogP contribution in [0.3, 0.4) is 0 Å². The highest BCUT2D eigenvalue weighted by Crippen LogP contribution is 2.51. The zero-order chi connectivity index (χ0) is 21.7. The Morgan fingerprint density at radius 1 is 1.21 bits per heavy atom. The van der Waals surface area contributed by atoms with Crippen molar-refractivity contribution < 1.29 is 44.9 Å². The van der Waals surface area contributed by atoms with Gasteiger partial charge in [0, 0.05) is 6.54 Å². The summed E-state index contributed by atoms with van der Waals surface area (Å²) < 4.78 is 10.5. The molecule has 29 heavy (non-hydrogen) atoms. The third-order valence-electron chi connectivity index (χ3n) is 6.04. The topological polar surface area (TPSA) is 160 Å². The Kier molecular flexibility index (Phi) is 5.54. The Hall–Kier alpha value is -1.95. The van der Waals surface area contributed by atoms with Gasteiger partial charge in [-0.05, 0) is 36.1 Å². The van der Waals surface area contributed by atoms with E-state index in [-0.39, 0.29) is 13.0 Å². The van der Waals surface area contributed by atoms with Crippen molar-refractivity contribution in [1.29, 1.82) is 0 Å². The standard InChI is InChI=1S/C19H27NO9/c1-9(17(22)23)6-12-16(21)18(24,25)15-11-8-14(29-3)13(28-2)7-10(11)4-5-20(15)19(12,26)27/h7-9,12,15-16,21,24-27H,4-6H2,1-3H3,(H,22,23). The van der Waals surface area contributed by atoms with Crippen LogP contribution in [0.5, 0.6) is 11.5 Å². The summed E-state index contributed by atoms with van der Waals surface area (Å²) in [6.45, 7) is 1.38. The number of benzene rings is 1. The van der Waals surface area contributed by atoms with Gasteiger partial charge >= 0.3 is 5.97 Å². The first-order valence-electron chi connectivity index (χ1n) is 9.28. The van der Waals surface area contributed by atoms with Crippen molar-refractivity contribution in [3.8, 4) is 11.5 Å². The van der Waals surface area contributed by atoms with Crippen LogP contribution in [0.4, 0.5) is 0 Å². The van der Waals surface area contributed by atoms with E-state index in [0.717, 1.165) is 4.90 Å². The molecule has 3 rings (SSSR count). The molecule has 0 bridgehead atoms. The van der Waals surface area contributed by atoms with Crippen molar-refractivity contribution in [2.45, 2.75) is 43.6 Å². The van der Waals surface area contributed by atoms with Gasteiger partial charge in [-0.15, -0.1) is 0 Å². The molecule has 10 nitrogen and oxygen atoms in total. The number of aliphatic carboxylic acids is 1. The highest BCUT2D eigenvalue weighted by molar-refractivity contribution is 5.69. The molecule has 10 heteroatoms. The summed E-state index contributed by atoms with van der Waals surface area (Å²) in [6.07, 6.45) is -2.05. The normalized spacial score (nSPS) is 28.8. The third-order valence-corrected chi connectivity index (χ3v) is 6.04. The van der Waals surface area contributed by atoms with Crippen molar-refractivity contribution >= 4 is 5.97 Å². The Labute approximate surface area is 167 Å². The van der Waals surface area contributed by atoms with Crippen LogP contribution in [0.2, 0.25) is 0 Å². The Balaban J connectivity index is 2.09. The van der Waals surface area contributed by atoms with Crippen molar-refractivity contribution in [2.75, 3.05) is 20.8 Å². The van der Waals surface area contributed by atoms with Gasteiger partial charge in [-0.1, -0.05) is 6.92 Å². The highest BCUT2D eigenvalue weighted by atomic mass is 16.6. The predicted octanol–water partition coefficient (Wildman–Crippen LogP) is -0.976. The first-order valence-corrected chi connectivity index (χ1v) is 9.28. The lowest BCUT2D eigenvalue weighted by Crippen LogP contribution is -2.73. The number of carbonyl (C=O) groups is 1. The van der Waals surface area contributed by atoms with Crippen molar-refractivity contribution in [2.24, 2.45) is 11.8 Å². The number of hydrogen-bond acceptors (Lipinski definition) is 9. The number of aliphatic hydroxyl groups excluding tert-OH is 1. The SMILES string of the molecule is COc1cc2c(cc1OC)C1N(CC2)C(O)(O)C(CC(C)C(=O)O)C(O)C1(O)O. The maximum absolute atomic E-state index is 11.2. The Morgan fingerprint density at radius 2 is 1.79 bits per heavy atom. The molecule has 1 aromatic rings. The van der Waals surface area contributed by atoms with Crippen LogP contribution in [0.25, 0.3) is 0 Å². The Morgan fingerprint density at radius 3 is 2.34 bits per heavy atom. The van der Waals surface area contributed by atoms with Crippen LogP contribution in [0, 0.1) is 11.8 Å². The van der Waals surface area contributed by atoms with Gasteiger partial charge in [0.1, 0.15) is 6.10 Å². The molecule has 1 fully saturated rings. The van der Waals surface area contributed by atoms with Crippen LogP contribution >= 0.6 is 0 Å². The molecule has 1 saturated heterocycles. The van der Waals surface area contributed by atoms with Gasteiger partial charge in [0.25, 0.3) is 0 Å². The van der Waals surface area contributed by atoms with Crippen LogP contribution in [0.1, 0.15) is 30.5 Å². The molecule has 162 valence electrons. The van der Waals surface area contributed by atoms with Crippen molar-refractivity contribution in [3.05, 3.63) is 23.3 Å². The average Bonchev–Trinajstić information content (AvgIpc) is 2.67. The number of aliphatic hydroxyl groups is 5. The van der Waals surface area contributed by atoms with E-state index in [1.54, 1.807) is 6.07 Å². The Bertz CT molecular complexity index is 794. The van der Waals surface area contributed by atoms with Gasteiger partial charge < -0.3 is 40.1 Å². The zero-order valence-electron chi connectivity index (χ0n) is 16.4. The smallest absolute Gasteiger partial charge is 0.306 e. The monoisotopic (exact) mass is 413 g/mol. The number of methoxy groups -OCH3 is 2. The second-order valence-electron chi connectivity index (χ2n) is 7.75. The molecule has 0 spiro atoms. The summed E-state index contributed by atoms with van der Waals surface area (Å²) in [5.41, 5.74) is 1.02. The molecule has 2 aliphatic heterocycles. The van der Waals surface area contributed by atoms with E-state index in [1.165, 1.54) is 27.2 Å². The van der Waals surface area contributed by atoms with Crippen molar-refractivity contribution in [3.63, 3.8) is 0 Å². The summed E-state index contributed by atoms with van der Waals surface area (Å²) in [7, 11) is 2.88. The van der Waals surface area contributed by atoms with E-state index in [9.17, 15) is 30.3 Å². The summed E-state index contributed by atoms with van der Waals surface area (Å²) in [6, 6.07) is 1.80. The minimum Gasteiger partial charge on any atom is -0.493 e. The number of carboxylic acids is 1. The summed E-state index contributed by atoms with van der Waals surface area (Å²) in [5.74, 6) is -8.45. The van der Waals surface area contributed by atoms with E-state index < -0.39 is 41.6 Å². The third kappa shape index (κ3) is 3.35. The number of fused-ring (bicyclic) bond motifs is 3. The molecule has 0 aliphatic carbocycles. The molecule has 6 N–H and O–H groups in total. The molecule has 0 amide bonds. The predicted molar refractivity (Wildman–Crippen MR) is 97.9 cm³/mol. The second-order valence-corrected chi connectivity index (χ2v) is 7.75. The number of rotatable bonds is 5. The number of nitrogens with zero attached hydrogens (tertiary/aromatic N) is 1. The largest absolute Gasteiger partial charge is 0.493 e. The fourth-order valence-corrected chi connectivity index (χ4v) is 4.41. The van der Waals surface area contributed by atoms with Crippen molar-refractivity contribution in [1.82, 2.24) is 4.90 Å². The van der Waals surface area contributed by atoms with Gasteiger partial charge in [-0.2, -0.15) is 0 Å². The quantitative estimate of drug-likeness (QED) is 0.331. The molecule has 2 aliphatic rings. The number of piperidine rings is 1. The molecular weight excluding hydrogens is 386 g/mol. The van der Waals surface area contributed by atoms with Crippen LogP contribution in [0.15, 0.2) is 12.1 Å². The van der Waals surface area contributed by atoms with E-state index in [0.29, 0.717) is 29.0 Å². The minimum absolute atomic E-state index is 0.0354. The van der Waals surface area contributed by atoms with Gasteiger partial charge in [0.15, 0.2) is 11.5 Å². The first-order chi connectivity index (χ1) is 13.5. The maximum Gasteiger partial charge on any atom is 0.306 e. The minimum atomic E-state index is -2.77. The molecule has 2 heterocycles. The van der Waals surface area contributed by atoms with Crippen LogP contribution in [-0.4, -0.2) is 80.1 Å². The molecular formula is C19H27NO9. The van der Waals surface area contributed by atoms with Gasteiger partial charge in [0.05, 0.1) is 32.1 Å². The lowest BCUT2D eigenvalue weighted by molar-refractivity contribution is -0.413. The molecule has 0 saturated carbocycles. The molecule has 0 aromatic heterocycles. The first kappa shape index (κ1) is 21.8. The number of ether oxygens (including phenoxy) is 2. The van der Waals surface area contributed by atoms with Gasteiger partial charge in [-0.3, -0.25) is 4.79 Å². The average molecular weight is 413 g/mol. The summed E-state index contributed by atoms with van der Waals surface area (Å²) in [4.78, 5) is 12.3. The summed E-state index contributed by atoms with van der Waals surface area (Å²) in [5, 5.41) is 63.3. The number of hydrogen-bond donors (Lipinski definition) is 6. The highest BCUT2D eigenvalue weighted by Gasteiger charge is 2.64. The molecule has 1 aromatic carbocycles. The molecule has 4 atom stereocenters. The van der Waals surface area contributed by atoms with E-state index in [2.05, 4.69) is 0 Å². The summed E-state index contributed by atoms with van der Waals surface area (Å²) >= 11 is 0. The van der Waals surface area contributed by atoms with Crippen LogP contribution < -0.4 is 9.47 Å². The molecule has 4 unspecified atom stereocenters. The molecule has 0 radical (unpaired) electrons. The fourth-order valence-electron chi connectivity index (χ4n) is 4.41. The van der Waals surface area contributed by atoms with E-state index in [4.69, 9.17) is 14.6 Å². The maximum atomic E-state index is 11.2. The number of carboxylic acid groups (broad SMARTS) is 1.